The summed E-state index contributed by atoms with van der Waals surface area (Å²) < 4.78 is 12.9. The van der Waals surface area contributed by atoms with Gasteiger partial charge in [0.1, 0.15) is 5.82 Å². The number of hydrogen-bond acceptors (Lipinski definition) is 2. The van der Waals surface area contributed by atoms with Crippen LogP contribution in [0.5, 0.6) is 0 Å². The van der Waals surface area contributed by atoms with Gasteiger partial charge in [-0.25, -0.2) is 4.39 Å². The molecule has 0 radical (unpaired) electrons. The molecule has 0 fully saturated rings. The van der Waals surface area contributed by atoms with Gasteiger partial charge in [-0.15, -0.1) is 0 Å². The monoisotopic (exact) mass is 272 g/mol. The van der Waals surface area contributed by atoms with Gasteiger partial charge in [0, 0.05) is 17.6 Å². The Hall–Kier alpha value is -1.13. The average molecular weight is 273 g/mol. The van der Waals surface area contributed by atoms with Crippen molar-refractivity contribution in [1.29, 1.82) is 0 Å². The highest BCUT2D eigenvalue weighted by atomic mass is 35.5. The van der Waals surface area contributed by atoms with Gasteiger partial charge in [0.2, 0.25) is 5.91 Å². The maximum absolute atomic E-state index is 12.9. The van der Waals surface area contributed by atoms with Gasteiger partial charge in [0.25, 0.3) is 0 Å². The molecule has 0 bridgehead atoms. The molecule has 0 saturated carbocycles. The van der Waals surface area contributed by atoms with Crippen LogP contribution in [0.25, 0.3) is 0 Å². The van der Waals surface area contributed by atoms with Gasteiger partial charge in [-0.05, 0) is 31.0 Å². The summed E-state index contributed by atoms with van der Waals surface area (Å²) in [6.45, 7) is 4.77. The maximum Gasteiger partial charge on any atom is 0.233 e. The van der Waals surface area contributed by atoms with Crippen molar-refractivity contribution in [2.45, 2.75) is 26.3 Å². The third-order valence-electron chi connectivity index (χ3n) is 2.57. The fraction of sp³-hybridized carbons (Fsp3) is 0.462. The van der Waals surface area contributed by atoms with E-state index in [9.17, 15) is 9.18 Å². The summed E-state index contributed by atoms with van der Waals surface area (Å²) in [6.07, 6.45) is 0.908. The Balaban J connectivity index is 2.50. The van der Waals surface area contributed by atoms with E-state index < -0.39 is 0 Å². The molecule has 1 amide bonds. The van der Waals surface area contributed by atoms with Crippen molar-refractivity contribution >= 4 is 17.5 Å². The molecule has 1 atom stereocenters. The van der Waals surface area contributed by atoms with Gasteiger partial charge in [-0.2, -0.15) is 0 Å². The maximum atomic E-state index is 12.9. The van der Waals surface area contributed by atoms with Crippen LogP contribution in [0.2, 0.25) is 5.02 Å². The fourth-order valence-electron chi connectivity index (χ4n) is 1.54. The van der Waals surface area contributed by atoms with Crippen LogP contribution in [-0.2, 0) is 4.79 Å². The predicted molar refractivity (Wildman–Crippen MR) is 71.1 cm³/mol. The van der Waals surface area contributed by atoms with E-state index in [0.29, 0.717) is 11.6 Å². The Kier molecular flexibility index (Phi) is 6.09. The van der Waals surface area contributed by atoms with E-state index in [1.54, 1.807) is 6.07 Å². The third-order valence-corrected chi connectivity index (χ3v) is 2.90. The summed E-state index contributed by atoms with van der Waals surface area (Å²) in [7, 11) is 0. The van der Waals surface area contributed by atoms with E-state index >= 15 is 0 Å². The van der Waals surface area contributed by atoms with E-state index in [1.807, 2.05) is 13.8 Å². The lowest BCUT2D eigenvalue weighted by atomic mass is 10.1. The van der Waals surface area contributed by atoms with Crippen molar-refractivity contribution in [3.63, 3.8) is 0 Å². The number of amides is 1. The number of hydrogen-bond donors (Lipinski definition) is 2. The quantitative estimate of drug-likeness (QED) is 0.836. The van der Waals surface area contributed by atoms with Crippen molar-refractivity contribution in [3.05, 3.63) is 34.6 Å². The summed E-state index contributed by atoms with van der Waals surface area (Å²) in [5.41, 5.74) is 0.779. The SMILES string of the molecule is CCCNC(=O)CNC(C)c1ccc(F)cc1Cl. The summed E-state index contributed by atoms with van der Waals surface area (Å²) in [6, 6.07) is 4.15. The van der Waals surface area contributed by atoms with Gasteiger partial charge in [-0.1, -0.05) is 24.6 Å². The molecular formula is C13H18ClFN2O. The first-order valence-electron chi connectivity index (χ1n) is 5.99. The molecule has 18 heavy (non-hydrogen) atoms. The van der Waals surface area contributed by atoms with Crippen molar-refractivity contribution in [3.8, 4) is 0 Å². The third kappa shape index (κ3) is 4.63. The minimum absolute atomic E-state index is 0.0538. The first-order chi connectivity index (χ1) is 8.54. The van der Waals surface area contributed by atoms with Crippen LogP contribution in [0.3, 0.4) is 0 Å². The standard InChI is InChI=1S/C13H18ClFN2O/c1-3-6-16-13(18)8-17-9(2)11-5-4-10(15)7-12(11)14/h4-5,7,9,17H,3,6,8H2,1-2H3,(H,16,18). The lowest BCUT2D eigenvalue weighted by Crippen LogP contribution is -2.35. The lowest BCUT2D eigenvalue weighted by molar-refractivity contribution is -0.120. The van der Waals surface area contributed by atoms with E-state index in [-0.39, 0.29) is 24.3 Å². The lowest BCUT2D eigenvalue weighted by Gasteiger charge is -2.15. The Morgan fingerprint density at radius 1 is 1.50 bits per heavy atom. The molecule has 0 aliphatic carbocycles. The highest BCUT2D eigenvalue weighted by molar-refractivity contribution is 6.31. The topological polar surface area (TPSA) is 41.1 Å². The van der Waals surface area contributed by atoms with Gasteiger partial charge < -0.3 is 10.6 Å². The molecule has 100 valence electrons. The van der Waals surface area contributed by atoms with Gasteiger partial charge >= 0.3 is 0 Å². The van der Waals surface area contributed by atoms with Crippen LogP contribution in [0, 0.1) is 5.82 Å². The zero-order valence-corrected chi connectivity index (χ0v) is 11.4. The normalized spacial score (nSPS) is 12.2. The van der Waals surface area contributed by atoms with Gasteiger partial charge in [0.15, 0.2) is 0 Å². The molecule has 0 heterocycles. The average Bonchev–Trinajstić information content (AvgIpc) is 2.33. The second-order valence-electron chi connectivity index (χ2n) is 4.12. The van der Waals surface area contributed by atoms with Crippen LogP contribution < -0.4 is 10.6 Å². The first kappa shape index (κ1) is 14.9. The molecule has 0 aromatic heterocycles. The summed E-state index contributed by atoms with van der Waals surface area (Å²) in [4.78, 5) is 11.4. The van der Waals surface area contributed by atoms with Crippen LogP contribution in [0.1, 0.15) is 31.9 Å². The van der Waals surface area contributed by atoms with E-state index in [4.69, 9.17) is 11.6 Å². The van der Waals surface area contributed by atoms with Crippen molar-refractivity contribution in [2.75, 3.05) is 13.1 Å². The van der Waals surface area contributed by atoms with Gasteiger partial charge in [0.05, 0.1) is 6.54 Å². The van der Waals surface area contributed by atoms with Crippen LogP contribution in [0.4, 0.5) is 4.39 Å². The number of benzene rings is 1. The molecule has 0 saturated heterocycles. The molecule has 3 nitrogen and oxygen atoms in total. The number of rotatable bonds is 6. The summed E-state index contributed by atoms with van der Waals surface area (Å²) >= 11 is 5.94. The molecule has 0 aliphatic heterocycles. The molecule has 1 aromatic carbocycles. The zero-order chi connectivity index (χ0) is 13.5. The number of nitrogens with one attached hydrogen (secondary N) is 2. The molecule has 5 heteroatoms. The Bertz CT molecular complexity index is 412. The molecule has 1 unspecified atom stereocenters. The smallest absolute Gasteiger partial charge is 0.233 e. The van der Waals surface area contributed by atoms with Crippen LogP contribution in [0.15, 0.2) is 18.2 Å². The van der Waals surface area contributed by atoms with Crippen LogP contribution >= 0.6 is 11.6 Å². The zero-order valence-electron chi connectivity index (χ0n) is 10.6. The highest BCUT2D eigenvalue weighted by Crippen LogP contribution is 2.23. The highest BCUT2D eigenvalue weighted by Gasteiger charge is 2.11. The largest absolute Gasteiger partial charge is 0.355 e. The van der Waals surface area contributed by atoms with E-state index in [1.165, 1.54) is 12.1 Å². The van der Waals surface area contributed by atoms with Crippen molar-refractivity contribution < 1.29 is 9.18 Å². The fourth-order valence-corrected chi connectivity index (χ4v) is 1.87. The number of carbonyl (C=O) groups is 1. The summed E-state index contributed by atoms with van der Waals surface area (Å²) in [5.74, 6) is -0.418. The predicted octanol–water partition coefficient (Wildman–Crippen LogP) is 2.66. The van der Waals surface area contributed by atoms with E-state index in [0.717, 1.165) is 12.0 Å². The number of halogens is 2. The minimum atomic E-state index is -0.364. The Labute approximate surface area is 112 Å². The first-order valence-corrected chi connectivity index (χ1v) is 6.37. The second kappa shape index (κ2) is 7.34. The van der Waals surface area contributed by atoms with E-state index in [2.05, 4.69) is 10.6 Å². The van der Waals surface area contributed by atoms with Crippen LogP contribution in [-0.4, -0.2) is 19.0 Å². The molecule has 1 aromatic rings. The van der Waals surface area contributed by atoms with Crippen molar-refractivity contribution in [2.24, 2.45) is 0 Å². The molecular weight excluding hydrogens is 255 g/mol. The minimum Gasteiger partial charge on any atom is -0.355 e. The molecule has 1 rings (SSSR count). The Morgan fingerprint density at radius 2 is 2.22 bits per heavy atom. The van der Waals surface area contributed by atoms with Crippen molar-refractivity contribution in [1.82, 2.24) is 10.6 Å². The number of carbonyl (C=O) groups excluding carboxylic acids is 1. The molecule has 0 aliphatic rings. The van der Waals surface area contributed by atoms with Gasteiger partial charge in [-0.3, -0.25) is 4.79 Å². The second-order valence-corrected chi connectivity index (χ2v) is 4.53. The molecule has 0 spiro atoms. The summed E-state index contributed by atoms with van der Waals surface area (Å²) in [5, 5.41) is 6.18. The molecule has 2 N–H and O–H groups in total. The Morgan fingerprint density at radius 3 is 2.83 bits per heavy atom.